The molecule has 1 aromatic carbocycles. The second-order valence-electron chi connectivity index (χ2n) is 19.3. The lowest BCUT2D eigenvalue weighted by atomic mass is 9.69. The van der Waals surface area contributed by atoms with Gasteiger partial charge in [0.05, 0.1) is 12.2 Å². The van der Waals surface area contributed by atoms with E-state index in [0.717, 1.165) is 78.9 Å². The van der Waals surface area contributed by atoms with Crippen molar-refractivity contribution in [1.82, 2.24) is 0 Å². The van der Waals surface area contributed by atoms with Crippen molar-refractivity contribution < 1.29 is 4.74 Å². The summed E-state index contributed by atoms with van der Waals surface area (Å²) in [5, 5.41) is 0. The molecule has 1 aromatic rings. The first-order valence-electron chi connectivity index (χ1n) is 22.4. The average molecular weight is 739 g/mol. The van der Waals surface area contributed by atoms with E-state index in [1.54, 1.807) is 16.7 Å². The van der Waals surface area contributed by atoms with Crippen LogP contribution in [0.15, 0.2) is 70.9 Å². The Balaban J connectivity index is 0.000000231. The normalized spacial score (nSPS) is 29.9. The van der Waals surface area contributed by atoms with Gasteiger partial charge in [-0.25, -0.2) is 0 Å². The molecule has 8 rings (SSSR count). The van der Waals surface area contributed by atoms with E-state index in [9.17, 15) is 0 Å². The van der Waals surface area contributed by atoms with Gasteiger partial charge in [0, 0.05) is 18.3 Å². The fourth-order valence-corrected chi connectivity index (χ4v) is 8.92. The molecule has 0 spiro atoms. The standard InChI is InChI=1S/C12H12.C11H18O.C11H16.C9H14.2C4H10.C2H6/c1-2-4-8-12-10-6-5-9-11(12)7-3-1;1-7(2)11(4)6-9-8(3)5-10(11)12-9;1-7(2)11-8(3)9-4-5-10(11)6-9;1-6-3-9-5-8(6)4-7(9)2;2*1-4(2)3;1-2/h5-6,9-10H,3-4,7-8H2;5,7,9-10H,6H2,1-4H3;4-5,7,9-10H,6H2,1-3H3;3,7-9H,4-5H2,1-2H3;2*4H,1-3H3;1-2H3. The molecular weight excluding hydrogens is 653 g/mol. The molecule has 1 heteroatoms. The third kappa shape index (κ3) is 14.0. The number of aryl methyl sites for hydroxylation is 2. The van der Waals surface area contributed by atoms with E-state index in [0.29, 0.717) is 17.6 Å². The molecule has 6 bridgehead atoms. The lowest BCUT2D eigenvalue weighted by Gasteiger charge is -2.33. The van der Waals surface area contributed by atoms with Crippen LogP contribution in [0.1, 0.15) is 167 Å². The molecule has 2 aliphatic heterocycles. The number of ether oxygens (including phenoxy) is 1. The molecule has 54 heavy (non-hydrogen) atoms. The molecule has 5 aliphatic carbocycles. The first-order chi connectivity index (χ1) is 25.4. The zero-order valence-corrected chi connectivity index (χ0v) is 38.5. The summed E-state index contributed by atoms with van der Waals surface area (Å²) < 4.78 is 5.87. The minimum atomic E-state index is 0.391. The molecule has 7 aliphatic rings. The fraction of sp³-hybridized carbons (Fsp3) is 0.698. The maximum absolute atomic E-state index is 5.87. The summed E-state index contributed by atoms with van der Waals surface area (Å²) in [4.78, 5) is 0. The van der Waals surface area contributed by atoms with Gasteiger partial charge >= 0.3 is 0 Å². The lowest BCUT2D eigenvalue weighted by Crippen LogP contribution is -2.32. The Morgan fingerprint density at radius 2 is 1.22 bits per heavy atom. The van der Waals surface area contributed by atoms with Crippen molar-refractivity contribution in [2.24, 2.45) is 58.7 Å². The van der Waals surface area contributed by atoms with Crippen LogP contribution in [-0.2, 0) is 17.6 Å². The summed E-state index contributed by atoms with van der Waals surface area (Å²) in [6.07, 6.45) is 20.2. The largest absolute Gasteiger partial charge is 0.366 e. The number of allylic oxidation sites excluding steroid dienone is 6. The third-order valence-electron chi connectivity index (χ3n) is 12.3. The Morgan fingerprint density at radius 3 is 1.54 bits per heavy atom. The van der Waals surface area contributed by atoms with E-state index in [1.165, 1.54) is 42.4 Å². The van der Waals surface area contributed by atoms with Gasteiger partial charge < -0.3 is 4.74 Å². The van der Waals surface area contributed by atoms with Crippen LogP contribution in [0.5, 0.6) is 0 Å². The maximum atomic E-state index is 5.87. The highest BCUT2D eigenvalue weighted by molar-refractivity contribution is 5.37. The van der Waals surface area contributed by atoms with Gasteiger partial charge in [0.2, 0.25) is 0 Å². The SMILES string of the molecule is C1#CCCc2ccccc2CC1.CC.CC(C)C.CC(C)C.CC1=C(C(C)C)C2C=CC1C2.CC1=CC2CC1CC2C.CC1=CC2OC1CC2(C)C(C)C. The zero-order valence-electron chi connectivity index (χ0n) is 38.5. The van der Waals surface area contributed by atoms with Crippen molar-refractivity contribution in [2.75, 3.05) is 0 Å². The van der Waals surface area contributed by atoms with Crippen LogP contribution in [0.3, 0.4) is 0 Å². The molecule has 2 heterocycles. The van der Waals surface area contributed by atoms with Gasteiger partial charge in [0.15, 0.2) is 0 Å². The predicted molar refractivity (Wildman–Crippen MR) is 241 cm³/mol. The van der Waals surface area contributed by atoms with Gasteiger partial charge in [0.25, 0.3) is 0 Å². The Hall–Kier alpha value is -2.30. The van der Waals surface area contributed by atoms with Crippen molar-refractivity contribution in [3.63, 3.8) is 0 Å². The molecule has 0 aromatic heterocycles. The Bertz CT molecular complexity index is 1410. The highest BCUT2D eigenvalue weighted by atomic mass is 16.5. The summed E-state index contributed by atoms with van der Waals surface area (Å²) in [6, 6.07) is 8.69. The number of fused-ring (bicyclic) bond motifs is 7. The average Bonchev–Trinajstić information content (AvgIpc) is 3.94. The van der Waals surface area contributed by atoms with Crippen LogP contribution >= 0.6 is 0 Å². The van der Waals surface area contributed by atoms with Crippen LogP contribution < -0.4 is 0 Å². The molecular formula is C53H86O. The molecule has 1 saturated heterocycles. The van der Waals surface area contributed by atoms with Gasteiger partial charge in [0.1, 0.15) is 0 Å². The molecule has 0 amide bonds. The van der Waals surface area contributed by atoms with Crippen molar-refractivity contribution in [3.05, 3.63) is 82.0 Å². The van der Waals surface area contributed by atoms with E-state index < -0.39 is 0 Å². The summed E-state index contributed by atoms with van der Waals surface area (Å²) in [7, 11) is 0. The van der Waals surface area contributed by atoms with Gasteiger partial charge in [-0.15, -0.1) is 11.8 Å². The maximum Gasteiger partial charge on any atom is 0.0824 e. The lowest BCUT2D eigenvalue weighted by molar-refractivity contribution is 0.0647. The zero-order chi connectivity index (χ0) is 40.7. The quantitative estimate of drug-likeness (QED) is 0.217. The molecule has 1 saturated carbocycles. The second-order valence-corrected chi connectivity index (χ2v) is 19.3. The monoisotopic (exact) mass is 739 g/mol. The van der Waals surface area contributed by atoms with Gasteiger partial charge in [-0.3, -0.25) is 0 Å². The molecule has 0 radical (unpaired) electrons. The van der Waals surface area contributed by atoms with E-state index in [-0.39, 0.29) is 0 Å². The van der Waals surface area contributed by atoms with E-state index in [2.05, 4.69) is 164 Å². The number of hydrogen-bond acceptors (Lipinski definition) is 1. The number of benzene rings is 1. The van der Waals surface area contributed by atoms with E-state index in [4.69, 9.17) is 4.74 Å². The first kappa shape index (κ1) is 47.9. The minimum absolute atomic E-state index is 0.391. The van der Waals surface area contributed by atoms with Crippen molar-refractivity contribution >= 4 is 0 Å². The third-order valence-corrected chi connectivity index (χ3v) is 12.3. The summed E-state index contributed by atoms with van der Waals surface area (Å²) in [5.74, 6) is 14.0. The topological polar surface area (TPSA) is 9.23 Å². The van der Waals surface area contributed by atoms with Crippen LogP contribution in [0.2, 0.25) is 0 Å². The van der Waals surface area contributed by atoms with Crippen LogP contribution in [0.25, 0.3) is 0 Å². The molecule has 2 fully saturated rings. The molecule has 0 N–H and O–H groups in total. The summed E-state index contributed by atoms with van der Waals surface area (Å²) in [6.45, 7) is 37.7. The van der Waals surface area contributed by atoms with Crippen molar-refractivity contribution in [1.29, 1.82) is 0 Å². The Kier molecular flexibility index (Phi) is 20.4. The molecule has 304 valence electrons. The number of rotatable bonds is 2. The van der Waals surface area contributed by atoms with Crippen LogP contribution in [0.4, 0.5) is 0 Å². The van der Waals surface area contributed by atoms with Crippen LogP contribution in [-0.4, -0.2) is 12.2 Å². The van der Waals surface area contributed by atoms with Crippen molar-refractivity contribution in [3.8, 4) is 11.8 Å². The molecule has 8 atom stereocenters. The van der Waals surface area contributed by atoms with E-state index in [1.807, 2.05) is 13.8 Å². The highest BCUT2D eigenvalue weighted by Gasteiger charge is 2.50. The second kappa shape index (κ2) is 23.1. The smallest absolute Gasteiger partial charge is 0.0824 e. The first-order valence-corrected chi connectivity index (χ1v) is 22.4. The predicted octanol–water partition coefficient (Wildman–Crippen LogP) is 15.5. The summed E-state index contributed by atoms with van der Waals surface area (Å²) in [5.41, 5.74) is 9.86. The van der Waals surface area contributed by atoms with Crippen LogP contribution in [0, 0.1) is 70.5 Å². The molecule has 8 unspecified atom stereocenters. The number of hydrogen-bond donors (Lipinski definition) is 0. The summed E-state index contributed by atoms with van der Waals surface area (Å²) >= 11 is 0. The Morgan fingerprint density at radius 1 is 0.704 bits per heavy atom. The minimum Gasteiger partial charge on any atom is -0.366 e. The highest BCUT2D eigenvalue weighted by Crippen LogP contribution is 2.51. The molecule has 1 nitrogen and oxygen atoms in total. The van der Waals surface area contributed by atoms with Gasteiger partial charge in [-0.05, 0) is 129 Å². The fourth-order valence-electron chi connectivity index (χ4n) is 8.92. The van der Waals surface area contributed by atoms with E-state index >= 15 is 0 Å². The van der Waals surface area contributed by atoms with Gasteiger partial charge in [-0.1, -0.05) is 162 Å². The van der Waals surface area contributed by atoms with Gasteiger partial charge in [-0.2, -0.15) is 0 Å². The Labute approximate surface area is 337 Å². The van der Waals surface area contributed by atoms with Crippen molar-refractivity contribution in [2.45, 2.75) is 181 Å².